The Hall–Kier alpha value is -3.54. The Labute approximate surface area is 165 Å². The summed E-state index contributed by atoms with van der Waals surface area (Å²) in [4.78, 5) is 18.8. The van der Waals surface area contributed by atoms with Crippen molar-refractivity contribution in [3.05, 3.63) is 63.9 Å². The van der Waals surface area contributed by atoms with Gasteiger partial charge in [-0.1, -0.05) is 6.92 Å². The first kappa shape index (κ1) is 20.2. The van der Waals surface area contributed by atoms with Gasteiger partial charge in [-0.15, -0.1) is 5.10 Å². The van der Waals surface area contributed by atoms with Crippen LogP contribution >= 0.6 is 0 Å². The number of nitrogens with one attached hydrogen (secondary N) is 3. The Morgan fingerprint density at radius 3 is 2.66 bits per heavy atom. The summed E-state index contributed by atoms with van der Waals surface area (Å²) in [6.07, 6.45) is 4.73. The smallest absolute Gasteiger partial charge is 0.309 e. The molecule has 29 heavy (non-hydrogen) atoms. The van der Waals surface area contributed by atoms with Gasteiger partial charge < -0.3 is 21.1 Å². The van der Waals surface area contributed by atoms with Crippen molar-refractivity contribution in [1.82, 2.24) is 25.5 Å². The van der Waals surface area contributed by atoms with Crippen LogP contribution in [0.2, 0.25) is 0 Å². The third kappa shape index (κ3) is 4.48. The van der Waals surface area contributed by atoms with Crippen LogP contribution in [-0.4, -0.2) is 36.9 Å². The number of hydrogen-bond donors (Lipinski definition) is 4. The predicted octanol–water partition coefficient (Wildman–Crippen LogP) is 1.60. The fourth-order valence-corrected chi connectivity index (χ4v) is 2.69. The van der Waals surface area contributed by atoms with Crippen LogP contribution in [0.1, 0.15) is 32.5 Å². The van der Waals surface area contributed by atoms with E-state index in [0.717, 1.165) is 12.4 Å². The minimum absolute atomic E-state index is 0.0497. The Bertz CT molecular complexity index is 956. The molecule has 0 spiro atoms. The summed E-state index contributed by atoms with van der Waals surface area (Å²) in [6.45, 7) is 5.43. The van der Waals surface area contributed by atoms with Crippen molar-refractivity contribution in [2.24, 2.45) is 5.73 Å². The summed E-state index contributed by atoms with van der Waals surface area (Å²) >= 11 is 0. The zero-order chi connectivity index (χ0) is 21.2. The van der Waals surface area contributed by atoms with E-state index in [1.54, 1.807) is 13.0 Å². The van der Waals surface area contributed by atoms with E-state index in [1.165, 1.54) is 12.2 Å². The molecule has 2 aromatic heterocycles. The molecule has 0 saturated carbocycles. The molecule has 3 heterocycles. The molecule has 2 aromatic rings. The van der Waals surface area contributed by atoms with Crippen molar-refractivity contribution in [1.29, 1.82) is 0 Å². The number of nitro groups is 1. The molecular formula is C17H21FN8O3. The summed E-state index contributed by atoms with van der Waals surface area (Å²) in [5, 5.41) is 23.9. The Balaban J connectivity index is 1.85. The van der Waals surface area contributed by atoms with Gasteiger partial charge in [-0.3, -0.25) is 15.2 Å². The SMILES string of the molecule is CC(C)Oc1cc(NC2=C([N+](=O)[O-])C=CC(N)([C@H](C)c3ncc(F)cn3)N2)[nH]n1. The van der Waals surface area contributed by atoms with E-state index in [4.69, 9.17) is 10.5 Å². The van der Waals surface area contributed by atoms with Gasteiger partial charge in [0.05, 0.1) is 29.3 Å². The van der Waals surface area contributed by atoms with Crippen LogP contribution in [0, 0.1) is 15.9 Å². The number of dihydropyridines is 1. The van der Waals surface area contributed by atoms with Crippen LogP contribution in [-0.2, 0) is 0 Å². The molecule has 0 bridgehead atoms. The largest absolute Gasteiger partial charge is 0.474 e. The molecular weight excluding hydrogens is 383 g/mol. The Morgan fingerprint density at radius 2 is 2.03 bits per heavy atom. The second kappa shape index (κ2) is 7.83. The van der Waals surface area contributed by atoms with Crippen molar-refractivity contribution < 1.29 is 14.1 Å². The van der Waals surface area contributed by atoms with Gasteiger partial charge in [-0.05, 0) is 19.9 Å². The maximum absolute atomic E-state index is 13.1. The highest BCUT2D eigenvalue weighted by Crippen LogP contribution is 2.28. The molecule has 3 rings (SSSR count). The van der Waals surface area contributed by atoms with Crippen molar-refractivity contribution in [2.75, 3.05) is 5.32 Å². The third-order valence-corrected chi connectivity index (χ3v) is 4.23. The fraction of sp³-hybridized carbons (Fsp3) is 0.353. The number of anilines is 1. The predicted molar refractivity (Wildman–Crippen MR) is 102 cm³/mol. The van der Waals surface area contributed by atoms with Gasteiger partial charge in [0.25, 0.3) is 0 Å². The zero-order valence-corrected chi connectivity index (χ0v) is 16.0. The normalized spacial score (nSPS) is 19.8. The molecule has 0 aliphatic carbocycles. The van der Waals surface area contributed by atoms with E-state index in [-0.39, 0.29) is 23.4 Å². The minimum Gasteiger partial charge on any atom is -0.474 e. The number of hydrogen-bond acceptors (Lipinski definition) is 9. The topological polar surface area (TPSA) is 157 Å². The van der Waals surface area contributed by atoms with E-state index >= 15 is 0 Å². The molecule has 0 amide bonds. The maximum Gasteiger partial charge on any atom is 0.309 e. The summed E-state index contributed by atoms with van der Waals surface area (Å²) in [5.41, 5.74) is 4.94. The van der Waals surface area contributed by atoms with Crippen LogP contribution in [0.3, 0.4) is 0 Å². The standard InChI is InChI=1S/C17H21FN8O3/c1-9(2)29-14-6-13(24-25-14)22-16-12(26(27)28)4-5-17(19,23-16)10(3)15-20-7-11(18)8-21-15/h4-10,23H,19H2,1-3H3,(H2,22,24,25)/t10-,17?/m1/s1. The second-order valence-electron chi connectivity index (χ2n) is 6.80. The van der Waals surface area contributed by atoms with E-state index in [1.807, 2.05) is 13.8 Å². The molecule has 0 saturated heterocycles. The van der Waals surface area contributed by atoms with Crippen LogP contribution < -0.4 is 21.1 Å². The molecule has 12 heteroatoms. The average molecular weight is 404 g/mol. The second-order valence-corrected chi connectivity index (χ2v) is 6.80. The molecule has 1 aliphatic rings. The highest BCUT2D eigenvalue weighted by atomic mass is 19.1. The van der Waals surface area contributed by atoms with Crippen LogP contribution in [0.15, 0.2) is 42.1 Å². The van der Waals surface area contributed by atoms with Crippen molar-refractivity contribution >= 4 is 5.82 Å². The van der Waals surface area contributed by atoms with Crippen molar-refractivity contribution in [2.45, 2.75) is 38.5 Å². The van der Waals surface area contributed by atoms with E-state index in [2.05, 4.69) is 30.8 Å². The van der Waals surface area contributed by atoms with Crippen LogP contribution in [0.25, 0.3) is 0 Å². The lowest BCUT2D eigenvalue weighted by atomic mass is 9.91. The average Bonchev–Trinajstić information content (AvgIpc) is 3.07. The molecule has 0 radical (unpaired) electrons. The lowest BCUT2D eigenvalue weighted by Crippen LogP contribution is -2.58. The quantitative estimate of drug-likeness (QED) is 0.397. The summed E-state index contributed by atoms with van der Waals surface area (Å²) in [5.74, 6) is -0.0744. The molecule has 5 N–H and O–H groups in total. The van der Waals surface area contributed by atoms with Crippen molar-refractivity contribution in [3.8, 4) is 5.88 Å². The first-order valence-electron chi connectivity index (χ1n) is 8.79. The van der Waals surface area contributed by atoms with Gasteiger partial charge in [0, 0.05) is 12.1 Å². The number of aromatic amines is 1. The Morgan fingerprint density at radius 1 is 1.34 bits per heavy atom. The summed E-state index contributed by atoms with van der Waals surface area (Å²) in [7, 11) is 0. The number of H-pyrrole nitrogens is 1. The summed E-state index contributed by atoms with van der Waals surface area (Å²) < 4.78 is 18.6. The molecule has 11 nitrogen and oxygen atoms in total. The summed E-state index contributed by atoms with van der Waals surface area (Å²) in [6, 6.07) is 1.56. The van der Waals surface area contributed by atoms with E-state index in [0.29, 0.717) is 11.7 Å². The number of halogens is 1. The monoisotopic (exact) mass is 404 g/mol. The van der Waals surface area contributed by atoms with Gasteiger partial charge in [0.1, 0.15) is 17.3 Å². The maximum atomic E-state index is 13.1. The highest BCUT2D eigenvalue weighted by Gasteiger charge is 2.38. The number of allylic oxidation sites excluding steroid dienone is 1. The van der Waals surface area contributed by atoms with Gasteiger partial charge >= 0.3 is 5.70 Å². The first-order chi connectivity index (χ1) is 13.7. The molecule has 2 atom stereocenters. The van der Waals surface area contributed by atoms with Crippen molar-refractivity contribution in [3.63, 3.8) is 0 Å². The molecule has 1 aliphatic heterocycles. The number of aromatic nitrogens is 4. The number of nitrogens with zero attached hydrogens (tertiary/aromatic N) is 4. The lowest BCUT2D eigenvalue weighted by Gasteiger charge is -2.36. The number of ether oxygens (including phenoxy) is 1. The van der Waals surface area contributed by atoms with Gasteiger partial charge in [0.2, 0.25) is 5.88 Å². The Kier molecular flexibility index (Phi) is 5.46. The molecule has 0 fully saturated rings. The first-order valence-corrected chi connectivity index (χ1v) is 8.79. The fourth-order valence-electron chi connectivity index (χ4n) is 2.69. The highest BCUT2D eigenvalue weighted by molar-refractivity contribution is 5.47. The number of rotatable bonds is 7. The third-order valence-electron chi connectivity index (χ3n) is 4.23. The van der Waals surface area contributed by atoms with Crippen LogP contribution in [0.5, 0.6) is 5.88 Å². The minimum atomic E-state index is -1.27. The number of nitrogens with two attached hydrogens (primary N) is 1. The molecule has 0 aromatic carbocycles. The zero-order valence-electron chi connectivity index (χ0n) is 16.0. The van der Waals surface area contributed by atoms with Gasteiger partial charge in [-0.2, -0.15) is 0 Å². The molecule has 1 unspecified atom stereocenters. The van der Waals surface area contributed by atoms with Gasteiger partial charge in [-0.25, -0.2) is 14.4 Å². The van der Waals surface area contributed by atoms with E-state index in [9.17, 15) is 14.5 Å². The van der Waals surface area contributed by atoms with E-state index < -0.39 is 22.3 Å². The molecule has 154 valence electrons. The van der Waals surface area contributed by atoms with Crippen LogP contribution in [0.4, 0.5) is 10.2 Å². The van der Waals surface area contributed by atoms with Gasteiger partial charge in [0.15, 0.2) is 11.6 Å². The lowest BCUT2D eigenvalue weighted by molar-refractivity contribution is -0.420.